The zero-order valence-corrected chi connectivity index (χ0v) is 13.9. The Balaban J connectivity index is 1.48. The summed E-state index contributed by atoms with van der Waals surface area (Å²) in [5.41, 5.74) is 1.26. The van der Waals surface area contributed by atoms with Gasteiger partial charge in [-0.25, -0.2) is 9.78 Å². The van der Waals surface area contributed by atoms with Crippen LogP contribution in [0.5, 0.6) is 5.75 Å². The standard InChI is InChI=1S/C18H18ClNO4/c19-17-8-3-13(10-20-17)11-24-18(21)14-4-6-15(7-5-14)23-12-16-2-1-9-22-16/h3-8,10,16H,1-2,9,11-12H2. The fourth-order valence-corrected chi connectivity index (χ4v) is 2.49. The van der Waals surface area contributed by atoms with Gasteiger partial charge in [-0.05, 0) is 43.2 Å². The lowest BCUT2D eigenvalue weighted by Crippen LogP contribution is -2.16. The summed E-state index contributed by atoms with van der Waals surface area (Å²) in [5, 5.41) is 0.406. The number of rotatable bonds is 6. The molecule has 0 aliphatic carbocycles. The maximum atomic E-state index is 12.0. The molecule has 2 heterocycles. The predicted molar refractivity (Wildman–Crippen MR) is 89.3 cm³/mol. The Morgan fingerprint density at radius 2 is 2.08 bits per heavy atom. The third kappa shape index (κ3) is 4.69. The largest absolute Gasteiger partial charge is 0.491 e. The fourth-order valence-electron chi connectivity index (χ4n) is 2.38. The van der Waals surface area contributed by atoms with E-state index in [9.17, 15) is 4.79 Å². The molecule has 24 heavy (non-hydrogen) atoms. The van der Waals surface area contributed by atoms with E-state index in [0.29, 0.717) is 23.1 Å². The highest BCUT2D eigenvalue weighted by Gasteiger charge is 2.16. The van der Waals surface area contributed by atoms with Crippen molar-refractivity contribution in [3.8, 4) is 5.75 Å². The van der Waals surface area contributed by atoms with Gasteiger partial charge in [-0.1, -0.05) is 17.7 Å². The second-order valence-electron chi connectivity index (χ2n) is 5.54. The molecule has 6 heteroatoms. The lowest BCUT2D eigenvalue weighted by atomic mass is 10.2. The smallest absolute Gasteiger partial charge is 0.338 e. The highest BCUT2D eigenvalue weighted by atomic mass is 35.5. The van der Waals surface area contributed by atoms with E-state index in [1.807, 2.05) is 0 Å². The van der Waals surface area contributed by atoms with Crippen molar-refractivity contribution in [1.29, 1.82) is 0 Å². The lowest BCUT2D eigenvalue weighted by Gasteiger charge is -2.11. The van der Waals surface area contributed by atoms with Crippen molar-refractivity contribution >= 4 is 17.6 Å². The minimum absolute atomic E-state index is 0.153. The van der Waals surface area contributed by atoms with Crippen LogP contribution in [0.25, 0.3) is 0 Å². The highest BCUT2D eigenvalue weighted by molar-refractivity contribution is 6.29. The van der Waals surface area contributed by atoms with Gasteiger partial charge in [0.1, 0.15) is 24.1 Å². The van der Waals surface area contributed by atoms with Crippen LogP contribution in [0.1, 0.15) is 28.8 Å². The third-order valence-electron chi connectivity index (χ3n) is 3.71. The Kier molecular flexibility index (Phi) is 5.67. The van der Waals surface area contributed by atoms with Gasteiger partial charge in [-0.3, -0.25) is 0 Å². The Labute approximate surface area is 145 Å². The Hall–Kier alpha value is -2.11. The monoisotopic (exact) mass is 347 g/mol. The zero-order chi connectivity index (χ0) is 16.8. The van der Waals surface area contributed by atoms with Crippen molar-refractivity contribution in [3.05, 3.63) is 58.9 Å². The molecule has 0 amide bonds. The average molecular weight is 348 g/mol. The van der Waals surface area contributed by atoms with Gasteiger partial charge in [0.25, 0.3) is 0 Å². The first-order valence-corrected chi connectivity index (χ1v) is 8.20. The number of pyridine rings is 1. The van der Waals surface area contributed by atoms with E-state index in [4.69, 9.17) is 25.8 Å². The topological polar surface area (TPSA) is 57.7 Å². The summed E-state index contributed by atoms with van der Waals surface area (Å²) in [7, 11) is 0. The molecule has 3 rings (SSSR count). The van der Waals surface area contributed by atoms with Crippen molar-refractivity contribution < 1.29 is 19.0 Å². The van der Waals surface area contributed by atoms with E-state index in [1.54, 1.807) is 42.6 Å². The van der Waals surface area contributed by atoms with Gasteiger partial charge in [0.05, 0.1) is 11.7 Å². The van der Waals surface area contributed by atoms with Crippen LogP contribution in [0.4, 0.5) is 0 Å². The van der Waals surface area contributed by atoms with E-state index in [2.05, 4.69) is 4.98 Å². The van der Waals surface area contributed by atoms with E-state index in [-0.39, 0.29) is 12.7 Å². The number of hydrogen-bond acceptors (Lipinski definition) is 5. The van der Waals surface area contributed by atoms with Crippen molar-refractivity contribution in [2.45, 2.75) is 25.6 Å². The molecule has 1 atom stereocenters. The number of hydrogen-bond donors (Lipinski definition) is 0. The van der Waals surface area contributed by atoms with Gasteiger partial charge in [-0.2, -0.15) is 0 Å². The van der Waals surface area contributed by atoms with Crippen molar-refractivity contribution in [2.24, 2.45) is 0 Å². The quantitative estimate of drug-likeness (QED) is 0.589. The zero-order valence-electron chi connectivity index (χ0n) is 13.1. The molecule has 0 saturated carbocycles. The molecule has 0 radical (unpaired) electrons. The molecule has 1 aliphatic rings. The van der Waals surface area contributed by atoms with Crippen LogP contribution >= 0.6 is 11.6 Å². The third-order valence-corrected chi connectivity index (χ3v) is 3.93. The van der Waals surface area contributed by atoms with Crippen LogP contribution in [-0.4, -0.2) is 30.3 Å². The number of carbonyl (C=O) groups is 1. The van der Waals surface area contributed by atoms with E-state index < -0.39 is 5.97 Å². The summed E-state index contributed by atoms with van der Waals surface area (Å²) >= 11 is 5.71. The van der Waals surface area contributed by atoms with Crippen LogP contribution in [0.2, 0.25) is 5.15 Å². The highest BCUT2D eigenvalue weighted by Crippen LogP contribution is 2.17. The van der Waals surface area contributed by atoms with Crippen LogP contribution in [0.3, 0.4) is 0 Å². The van der Waals surface area contributed by atoms with Gasteiger partial charge in [-0.15, -0.1) is 0 Å². The summed E-state index contributed by atoms with van der Waals surface area (Å²) in [4.78, 5) is 16.0. The molecule has 1 saturated heterocycles. The summed E-state index contributed by atoms with van der Waals surface area (Å²) in [6.07, 6.45) is 3.87. The second kappa shape index (κ2) is 8.13. The SMILES string of the molecule is O=C(OCc1ccc(Cl)nc1)c1ccc(OCC2CCCO2)cc1. The van der Waals surface area contributed by atoms with E-state index in [1.165, 1.54) is 0 Å². The Bertz CT molecular complexity index is 666. The molecule has 1 aromatic carbocycles. The number of benzene rings is 1. The number of aromatic nitrogens is 1. The van der Waals surface area contributed by atoms with E-state index in [0.717, 1.165) is 25.0 Å². The number of carbonyl (C=O) groups excluding carboxylic acids is 1. The minimum Gasteiger partial charge on any atom is -0.491 e. The van der Waals surface area contributed by atoms with Crippen molar-refractivity contribution in [2.75, 3.05) is 13.2 Å². The van der Waals surface area contributed by atoms with Gasteiger partial charge >= 0.3 is 5.97 Å². The number of esters is 1. The molecule has 0 spiro atoms. The fraction of sp³-hybridized carbons (Fsp3) is 0.333. The Morgan fingerprint density at radius 3 is 2.75 bits per heavy atom. The first-order valence-electron chi connectivity index (χ1n) is 7.83. The molecule has 5 nitrogen and oxygen atoms in total. The normalized spacial score (nSPS) is 16.8. The van der Waals surface area contributed by atoms with Gasteiger partial charge in [0, 0.05) is 18.4 Å². The first kappa shape index (κ1) is 16.7. The maximum Gasteiger partial charge on any atom is 0.338 e. The molecule has 1 aliphatic heterocycles. The summed E-state index contributed by atoms with van der Waals surface area (Å²) in [5.74, 6) is 0.319. The van der Waals surface area contributed by atoms with Gasteiger partial charge < -0.3 is 14.2 Å². The van der Waals surface area contributed by atoms with Crippen LogP contribution in [-0.2, 0) is 16.1 Å². The van der Waals surface area contributed by atoms with Crippen LogP contribution < -0.4 is 4.74 Å². The van der Waals surface area contributed by atoms with Crippen LogP contribution in [0, 0.1) is 0 Å². The minimum atomic E-state index is -0.393. The lowest BCUT2D eigenvalue weighted by molar-refractivity contribution is 0.0472. The Morgan fingerprint density at radius 1 is 1.25 bits per heavy atom. The summed E-state index contributed by atoms with van der Waals surface area (Å²) < 4.78 is 16.4. The average Bonchev–Trinajstić information content (AvgIpc) is 3.13. The van der Waals surface area contributed by atoms with Gasteiger partial charge in [0.2, 0.25) is 0 Å². The number of nitrogens with zero attached hydrogens (tertiary/aromatic N) is 1. The number of ether oxygens (including phenoxy) is 3. The molecule has 1 aromatic heterocycles. The van der Waals surface area contributed by atoms with Gasteiger partial charge in [0.15, 0.2) is 0 Å². The van der Waals surface area contributed by atoms with E-state index >= 15 is 0 Å². The second-order valence-corrected chi connectivity index (χ2v) is 5.92. The molecular weight excluding hydrogens is 330 g/mol. The summed E-state index contributed by atoms with van der Waals surface area (Å²) in [6.45, 7) is 1.50. The predicted octanol–water partition coefficient (Wildman–Crippen LogP) is 3.65. The van der Waals surface area contributed by atoms with Crippen molar-refractivity contribution in [3.63, 3.8) is 0 Å². The molecule has 126 valence electrons. The summed E-state index contributed by atoms with van der Waals surface area (Å²) in [6, 6.07) is 10.3. The molecule has 2 aromatic rings. The molecular formula is C18H18ClNO4. The maximum absolute atomic E-state index is 12.0. The van der Waals surface area contributed by atoms with Crippen molar-refractivity contribution in [1.82, 2.24) is 4.98 Å². The van der Waals surface area contributed by atoms with Crippen LogP contribution in [0.15, 0.2) is 42.6 Å². The first-order chi connectivity index (χ1) is 11.7. The molecule has 0 bridgehead atoms. The molecule has 1 unspecified atom stereocenters. The molecule has 0 N–H and O–H groups in total. The number of halogens is 1. The molecule has 1 fully saturated rings.